The molecule has 1 amide bonds. The minimum absolute atomic E-state index is 0.240. The first kappa shape index (κ1) is 13.6. The third-order valence-corrected chi connectivity index (χ3v) is 2.51. The highest BCUT2D eigenvalue weighted by atomic mass is 16.2. The molecule has 3 N–H and O–H groups in total. The van der Waals surface area contributed by atoms with Crippen molar-refractivity contribution in [2.24, 2.45) is 5.84 Å². The molecule has 0 aliphatic heterocycles. The number of hydrazine groups is 1. The van der Waals surface area contributed by atoms with Crippen LogP contribution >= 0.6 is 0 Å². The first-order valence-corrected chi connectivity index (χ1v) is 5.77. The lowest BCUT2D eigenvalue weighted by molar-refractivity contribution is 0.0948. The van der Waals surface area contributed by atoms with E-state index in [4.69, 9.17) is 5.84 Å². The van der Waals surface area contributed by atoms with Gasteiger partial charge in [-0.15, -0.1) is 5.10 Å². The summed E-state index contributed by atoms with van der Waals surface area (Å²) in [6.07, 6.45) is 3.97. The Morgan fingerprint density at radius 1 is 1.59 bits per heavy atom. The number of nitrogens with two attached hydrogens (primary N) is 1. The summed E-state index contributed by atoms with van der Waals surface area (Å²) < 4.78 is 1.65. The summed E-state index contributed by atoms with van der Waals surface area (Å²) in [6, 6.07) is 0. The van der Waals surface area contributed by atoms with E-state index in [0.717, 1.165) is 13.1 Å². The lowest BCUT2D eigenvalue weighted by Gasteiger charge is -2.15. The molecular formula is C10H20N6O. The molecule has 96 valence electrons. The third-order valence-electron chi connectivity index (χ3n) is 2.51. The van der Waals surface area contributed by atoms with Gasteiger partial charge in [-0.25, -0.2) is 5.84 Å². The largest absolute Gasteiger partial charge is 0.305 e. The van der Waals surface area contributed by atoms with Crippen molar-refractivity contribution in [3.05, 3.63) is 11.9 Å². The van der Waals surface area contributed by atoms with Gasteiger partial charge in [0, 0.05) is 6.54 Å². The summed E-state index contributed by atoms with van der Waals surface area (Å²) in [5.41, 5.74) is 2.26. The van der Waals surface area contributed by atoms with Gasteiger partial charge in [-0.3, -0.25) is 14.9 Å². The van der Waals surface area contributed by atoms with Crippen LogP contribution in [0.3, 0.4) is 0 Å². The number of hydrogen-bond donors (Lipinski definition) is 2. The summed E-state index contributed by atoms with van der Waals surface area (Å²) in [6.45, 7) is 4.84. The first-order valence-electron chi connectivity index (χ1n) is 5.77. The average Bonchev–Trinajstić information content (AvgIpc) is 2.81. The Hall–Kier alpha value is -1.47. The number of unbranched alkanes of at least 4 members (excludes halogenated alkanes) is 1. The molecule has 7 heteroatoms. The van der Waals surface area contributed by atoms with Crippen LogP contribution in [-0.4, -0.2) is 45.9 Å². The normalized spacial score (nSPS) is 10.8. The van der Waals surface area contributed by atoms with E-state index in [1.807, 2.05) is 5.43 Å². The second kappa shape index (κ2) is 6.97. The van der Waals surface area contributed by atoms with Crippen LogP contribution in [0.1, 0.15) is 30.3 Å². The van der Waals surface area contributed by atoms with Crippen molar-refractivity contribution < 1.29 is 4.79 Å². The van der Waals surface area contributed by atoms with Crippen LogP contribution in [0.25, 0.3) is 0 Å². The number of carbonyl (C=O) groups excluding carboxylic acids is 1. The molecule has 1 rings (SSSR count). The van der Waals surface area contributed by atoms with Crippen molar-refractivity contribution in [1.82, 2.24) is 25.3 Å². The molecule has 0 aliphatic rings. The van der Waals surface area contributed by atoms with Gasteiger partial charge in [-0.2, -0.15) is 0 Å². The van der Waals surface area contributed by atoms with E-state index >= 15 is 0 Å². The Morgan fingerprint density at radius 2 is 2.35 bits per heavy atom. The third kappa shape index (κ3) is 4.49. The van der Waals surface area contributed by atoms with Gasteiger partial charge < -0.3 is 4.90 Å². The molecule has 1 heterocycles. The van der Waals surface area contributed by atoms with Crippen molar-refractivity contribution in [2.75, 3.05) is 20.1 Å². The summed E-state index contributed by atoms with van der Waals surface area (Å²) in [5, 5.41) is 7.59. The Bertz CT molecular complexity index is 350. The maximum absolute atomic E-state index is 11.1. The molecule has 0 saturated heterocycles. The van der Waals surface area contributed by atoms with Crippen molar-refractivity contribution in [3.8, 4) is 0 Å². The van der Waals surface area contributed by atoms with Crippen LogP contribution < -0.4 is 11.3 Å². The van der Waals surface area contributed by atoms with Crippen LogP contribution in [0.4, 0.5) is 0 Å². The maximum Gasteiger partial charge on any atom is 0.287 e. The van der Waals surface area contributed by atoms with E-state index in [0.29, 0.717) is 6.54 Å². The molecular weight excluding hydrogens is 220 g/mol. The summed E-state index contributed by atoms with van der Waals surface area (Å²) in [4.78, 5) is 13.4. The lowest BCUT2D eigenvalue weighted by Crippen LogP contribution is -2.30. The number of aromatic nitrogens is 3. The smallest absolute Gasteiger partial charge is 0.287 e. The number of amides is 1. The van der Waals surface area contributed by atoms with Crippen molar-refractivity contribution >= 4 is 5.91 Å². The van der Waals surface area contributed by atoms with Crippen LogP contribution in [0.15, 0.2) is 6.20 Å². The predicted molar refractivity (Wildman–Crippen MR) is 64.1 cm³/mol. The number of likely N-dealkylation sites (N-methyl/N-ethyl adjacent to an activating group) is 1. The van der Waals surface area contributed by atoms with Gasteiger partial charge in [0.05, 0.1) is 12.7 Å². The molecule has 0 spiro atoms. The quantitative estimate of drug-likeness (QED) is 0.385. The van der Waals surface area contributed by atoms with E-state index in [2.05, 4.69) is 29.2 Å². The molecule has 17 heavy (non-hydrogen) atoms. The standard InChI is InChI=1S/C10H20N6O/c1-3-4-5-15(2)6-7-16-8-9(13-14-16)10(17)12-11/h8H,3-7,11H2,1-2H3,(H,12,17). The van der Waals surface area contributed by atoms with Crippen molar-refractivity contribution in [1.29, 1.82) is 0 Å². The molecule has 0 atom stereocenters. The Kier molecular flexibility index (Phi) is 5.58. The Morgan fingerprint density at radius 3 is 3.00 bits per heavy atom. The molecule has 0 fully saturated rings. The summed E-state index contributed by atoms with van der Waals surface area (Å²) >= 11 is 0. The van der Waals surface area contributed by atoms with Crippen LogP contribution in [0, 0.1) is 0 Å². The van der Waals surface area contributed by atoms with E-state index in [1.165, 1.54) is 12.8 Å². The van der Waals surface area contributed by atoms with Gasteiger partial charge in [0.2, 0.25) is 0 Å². The highest BCUT2D eigenvalue weighted by Crippen LogP contribution is 1.95. The van der Waals surface area contributed by atoms with E-state index in [9.17, 15) is 4.79 Å². The molecule has 7 nitrogen and oxygen atoms in total. The number of hydrogen-bond acceptors (Lipinski definition) is 5. The van der Waals surface area contributed by atoms with E-state index < -0.39 is 5.91 Å². The molecule has 0 aliphatic carbocycles. The predicted octanol–water partition coefficient (Wildman–Crippen LogP) is -0.386. The van der Waals surface area contributed by atoms with Gasteiger partial charge in [0.25, 0.3) is 5.91 Å². The Balaban J connectivity index is 2.36. The monoisotopic (exact) mass is 240 g/mol. The fourth-order valence-corrected chi connectivity index (χ4v) is 1.40. The average molecular weight is 240 g/mol. The number of nitrogens with one attached hydrogen (secondary N) is 1. The Labute approximate surface area is 101 Å². The number of nitrogen functional groups attached to an aromatic ring is 1. The highest BCUT2D eigenvalue weighted by Gasteiger charge is 2.08. The fourth-order valence-electron chi connectivity index (χ4n) is 1.40. The molecule has 1 aromatic rings. The van der Waals surface area contributed by atoms with Crippen molar-refractivity contribution in [2.45, 2.75) is 26.3 Å². The molecule has 0 radical (unpaired) electrons. The zero-order chi connectivity index (χ0) is 12.7. The number of rotatable bonds is 7. The molecule has 0 bridgehead atoms. The van der Waals surface area contributed by atoms with E-state index in [-0.39, 0.29) is 5.69 Å². The van der Waals surface area contributed by atoms with Crippen LogP contribution in [0.2, 0.25) is 0 Å². The zero-order valence-electron chi connectivity index (χ0n) is 10.4. The molecule has 0 unspecified atom stereocenters. The van der Waals surface area contributed by atoms with Gasteiger partial charge in [-0.1, -0.05) is 18.6 Å². The second-order valence-electron chi connectivity index (χ2n) is 4.00. The van der Waals surface area contributed by atoms with Crippen molar-refractivity contribution in [3.63, 3.8) is 0 Å². The lowest BCUT2D eigenvalue weighted by atomic mass is 10.3. The zero-order valence-corrected chi connectivity index (χ0v) is 10.4. The summed E-state index contributed by atoms with van der Waals surface area (Å²) in [5.74, 6) is 4.58. The molecule has 1 aromatic heterocycles. The minimum Gasteiger partial charge on any atom is -0.305 e. The highest BCUT2D eigenvalue weighted by molar-refractivity contribution is 5.91. The number of nitrogens with zero attached hydrogens (tertiary/aromatic N) is 4. The fraction of sp³-hybridized carbons (Fsp3) is 0.700. The van der Waals surface area contributed by atoms with Gasteiger partial charge in [-0.05, 0) is 20.0 Å². The molecule has 0 saturated carbocycles. The second-order valence-corrected chi connectivity index (χ2v) is 4.00. The van der Waals surface area contributed by atoms with Crippen LogP contribution in [-0.2, 0) is 6.54 Å². The van der Waals surface area contributed by atoms with E-state index in [1.54, 1.807) is 10.9 Å². The molecule has 0 aromatic carbocycles. The van der Waals surface area contributed by atoms with Gasteiger partial charge >= 0.3 is 0 Å². The van der Waals surface area contributed by atoms with Gasteiger partial charge in [0.15, 0.2) is 5.69 Å². The SMILES string of the molecule is CCCCN(C)CCn1cc(C(=O)NN)nn1. The first-order chi connectivity index (χ1) is 8.17. The maximum atomic E-state index is 11.1. The summed E-state index contributed by atoms with van der Waals surface area (Å²) in [7, 11) is 2.07. The minimum atomic E-state index is -0.421. The van der Waals surface area contributed by atoms with Crippen LogP contribution in [0.5, 0.6) is 0 Å². The number of carbonyl (C=O) groups is 1. The topological polar surface area (TPSA) is 89.1 Å². The van der Waals surface area contributed by atoms with Gasteiger partial charge in [0.1, 0.15) is 0 Å².